The average Bonchev–Trinajstić information content (AvgIpc) is 3.83. The highest BCUT2D eigenvalue weighted by atomic mass is 32.1. The molecule has 2 nitrogen and oxygen atoms in total. The maximum atomic E-state index is 5.05. The smallest absolute Gasteiger partial charge is 0.124 e. The van der Waals surface area contributed by atoms with Crippen LogP contribution in [-0.4, -0.2) is 9.97 Å². The van der Waals surface area contributed by atoms with Gasteiger partial charge in [-0.15, -0.1) is 22.7 Å². The van der Waals surface area contributed by atoms with Crippen LogP contribution in [0.4, 0.5) is 0 Å². The Labute approximate surface area is 336 Å². The van der Waals surface area contributed by atoms with Crippen molar-refractivity contribution in [2.45, 2.75) is 52.4 Å². The summed E-state index contributed by atoms with van der Waals surface area (Å²) in [6.07, 6.45) is 0. The van der Waals surface area contributed by atoms with E-state index in [1.54, 1.807) is 22.7 Å². The summed E-state index contributed by atoms with van der Waals surface area (Å²) in [6, 6.07) is 54.0. The molecule has 0 saturated carbocycles. The quantitative estimate of drug-likeness (QED) is 0.167. The summed E-state index contributed by atoms with van der Waals surface area (Å²) in [5.74, 6) is 0. The Kier molecular flexibility index (Phi) is 8.04. The highest BCUT2D eigenvalue weighted by Crippen LogP contribution is 2.46. The van der Waals surface area contributed by atoms with Crippen LogP contribution in [0.25, 0.3) is 96.1 Å². The van der Waals surface area contributed by atoms with E-state index >= 15 is 0 Å². The summed E-state index contributed by atoms with van der Waals surface area (Å²) >= 11 is 3.55. The zero-order valence-corrected chi connectivity index (χ0v) is 34.2. The van der Waals surface area contributed by atoms with E-state index in [-0.39, 0.29) is 10.8 Å². The number of hydrogen-bond acceptors (Lipinski definition) is 4. The van der Waals surface area contributed by atoms with E-state index in [1.165, 1.54) is 75.1 Å². The molecule has 0 spiro atoms. The molecular formula is C52H42N2S2. The van der Waals surface area contributed by atoms with E-state index in [4.69, 9.17) is 9.97 Å². The van der Waals surface area contributed by atoms with Crippen LogP contribution in [-0.2, 0) is 10.8 Å². The van der Waals surface area contributed by atoms with Crippen LogP contribution >= 0.6 is 22.7 Å². The predicted molar refractivity (Wildman–Crippen MR) is 244 cm³/mol. The largest absolute Gasteiger partial charge is 0.236 e. The standard InChI is InChI=1S/C52H42N2S2/c1-51(2,3)37-23-25-43-45(29-37)55-49(53-43)33-19-15-31(16-20-33)47-39-13-9-10-14-40(39)48(42-28-36-12-8-7-11-35(36)27-41(42)47)32-17-21-34(22-18-32)50-54-44-26-24-38(52(4,5)6)30-46(44)56-50/h7-30H,1-6H3. The van der Waals surface area contributed by atoms with Gasteiger partial charge in [0.15, 0.2) is 0 Å². The van der Waals surface area contributed by atoms with Gasteiger partial charge in [0.2, 0.25) is 0 Å². The molecule has 56 heavy (non-hydrogen) atoms. The third-order valence-corrected chi connectivity index (χ3v) is 13.4. The second-order valence-corrected chi connectivity index (χ2v) is 19.2. The fraction of sp³-hybridized carbons (Fsp3) is 0.154. The first kappa shape index (κ1) is 34.8. The molecular weight excluding hydrogens is 717 g/mol. The van der Waals surface area contributed by atoms with Crippen molar-refractivity contribution in [1.29, 1.82) is 0 Å². The Morgan fingerprint density at radius 2 is 0.750 bits per heavy atom. The Morgan fingerprint density at radius 1 is 0.375 bits per heavy atom. The minimum atomic E-state index is 0.101. The molecule has 10 rings (SSSR count). The van der Waals surface area contributed by atoms with Crippen molar-refractivity contribution >= 4 is 75.4 Å². The third kappa shape index (κ3) is 6.00. The SMILES string of the molecule is CC(C)(C)c1ccc2nc(-c3ccc(-c4c5ccccc5c(-c5ccc(-c6nc7ccc(C(C)(C)C)cc7s6)cc5)c5cc6ccccc6cc45)cc3)sc2c1. The first-order valence-corrected chi connectivity index (χ1v) is 21.0. The van der Waals surface area contributed by atoms with Gasteiger partial charge in [-0.1, -0.05) is 151 Å². The molecule has 0 aliphatic carbocycles. The van der Waals surface area contributed by atoms with E-state index < -0.39 is 0 Å². The average molecular weight is 759 g/mol. The molecule has 0 aliphatic heterocycles. The van der Waals surface area contributed by atoms with Gasteiger partial charge in [0.05, 0.1) is 20.4 Å². The number of aromatic nitrogens is 2. The molecule has 0 radical (unpaired) electrons. The molecule has 0 bridgehead atoms. The van der Waals surface area contributed by atoms with E-state index in [2.05, 4.69) is 187 Å². The number of nitrogens with zero attached hydrogens (tertiary/aromatic N) is 2. The van der Waals surface area contributed by atoms with Crippen LogP contribution in [0, 0.1) is 0 Å². The van der Waals surface area contributed by atoms with Crippen molar-refractivity contribution in [1.82, 2.24) is 9.97 Å². The van der Waals surface area contributed by atoms with E-state index in [0.29, 0.717) is 0 Å². The molecule has 0 amide bonds. The van der Waals surface area contributed by atoms with Gasteiger partial charge in [0.1, 0.15) is 10.0 Å². The molecule has 272 valence electrons. The molecule has 0 fully saturated rings. The predicted octanol–water partition coefficient (Wildman–Crippen LogP) is 15.6. The molecule has 10 aromatic rings. The normalized spacial score (nSPS) is 12.5. The van der Waals surface area contributed by atoms with Crippen LogP contribution < -0.4 is 0 Å². The summed E-state index contributed by atoms with van der Waals surface area (Å²) in [5, 5.41) is 9.59. The van der Waals surface area contributed by atoms with Gasteiger partial charge in [-0.2, -0.15) is 0 Å². The van der Waals surface area contributed by atoms with Crippen molar-refractivity contribution in [3.63, 3.8) is 0 Å². The number of hydrogen-bond donors (Lipinski definition) is 0. The molecule has 0 unspecified atom stereocenters. The molecule has 0 saturated heterocycles. The molecule has 2 heterocycles. The molecule has 4 heteroatoms. The van der Waals surface area contributed by atoms with Crippen molar-refractivity contribution in [3.05, 3.63) is 157 Å². The highest BCUT2D eigenvalue weighted by Gasteiger charge is 2.20. The summed E-state index contributed by atoms with van der Waals surface area (Å²) < 4.78 is 2.47. The minimum absolute atomic E-state index is 0.101. The topological polar surface area (TPSA) is 25.8 Å². The minimum Gasteiger partial charge on any atom is -0.236 e. The van der Waals surface area contributed by atoms with Crippen LogP contribution in [0.3, 0.4) is 0 Å². The lowest BCUT2D eigenvalue weighted by Gasteiger charge is -2.19. The van der Waals surface area contributed by atoms with Gasteiger partial charge in [-0.05, 0) is 113 Å². The zero-order chi connectivity index (χ0) is 38.3. The number of benzene rings is 8. The Morgan fingerprint density at radius 3 is 1.14 bits per heavy atom. The van der Waals surface area contributed by atoms with Crippen molar-refractivity contribution in [2.24, 2.45) is 0 Å². The van der Waals surface area contributed by atoms with Gasteiger partial charge < -0.3 is 0 Å². The van der Waals surface area contributed by atoms with Crippen LogP contribution in [0.15, 0.2) is 146 Å². The highest BCUT2D eigenvalue weighted by molar-refractivity contribution is 7.22. The monoisotopic (exact) mass is 758 g/mol. The van der Waals surface area contributed by atoms with Crippen LogP contribution in [0.1, 0.15) is 52.7 Å². The third-order valence-electron chi connectivity index (χ3n) is 11.2. The van der Waals surface area contributed by atoms with Gasteiger partial charge >= 0.3 is 0 Å². The lowest BCUT2D eigenvalue weighted by molar-refractivity contribution is 0.591. The fourth-order valence-corrected chi connectivity index (χ4v) is 10.1. The van der Waals surface area contributed by atoms with Crippen LogP contribution in [0.2, 0.25) is 0 Å². The zero-order valence-electron chi connectivity index (χ0n) is 32.6. The lowest BCUT2D eigenvalue weighted by atomic mass is 9.84. The molecule has 0 N–H and O–H groups in total. The summed E-state index contributed by atoms with van der Waals surface area (Å²) in [5.41, 5.74) is 12.2. The van der Waals surface area contributed by atoms with E-state index in [9.17, 15) is 0 Å². The Hall–Kier alpha value is -5.68. The number of fused-ring (bicyclic) bond motifs is 5. The van der Waals surface area contributed by atoms with Crippen LogP contribution in [0.5, 0.6) is 0 Å². The van der Waals surface area contributed by atoms with E-state index in [0.717, 1.165) is 32.2 Å². The van der Waals surface area contributed by atoms with Crippen molar-refractivity contribution in [2.75, 3.05) is 0 Å². The number of rotatable bonds is 4. The van der Waals surface area contributed by atoms with Crippen molar-refractivity contribution in [3.8, 4) is 43.4 Å². The molecule has 0 aliphatic rings. The second-order valence-electron chi connectivity index (χ2n) is 17.1. The Bertz CT molecular complexity index is 2920. The summed E-state index contributed by atoms with van der Waals surface area (Å²) in [7, 11) is 0. The van der Waals surface area contributed by atoms with Gasteiger partial charge in [-0.3, -0.25) is 0 Å². The van der Waals surface area contributed by atoms with E-state index in [1.807, 2.05) is 0 Å². The van der Waals surface area contributed by atoms with Gasteiger partial charge in [-0.25, -0.2) is 9.97 Å². The Balaban J connectivity index is 1.10. The maximum absolute atomic E-state index is 5.05. The molecule has 8 aromatic carbocycles. The first-order chi connectivity index (χ1) is 27.0. The lowest BCUT2D eigenvalue weighted by Crippen LogP contribution is -2.10. The van der Waals surface area contributed by atoms with Crippen molar-refractivity contribution < 1.29 is 0 Å². The second kappa shape index (κ2) is 12.9. The molecule has 0 atom stereocenters. The van der Waals surface area contributed by atoms with Gasteiger partial charge in [0.25, 0.3) is 0 Å². The maximum Gasteiger partial charge on any atom is 0.124 e. The fourth-order valence-electron chi connectivity index (χ4n) is 8.07. The first-order valence-electron chi connectivity index (χ1n) is 19.4. The number of thiazole rings is 2. The summed E-state index contributed by atoms with van der Waals surface area (Å²) in [4.78, 5) is 10.1. The summed E-state index contributed by atoms with van der Waals surface area (Å²) in [6.45, 7) is 13.6. The molecule has 2 aromatic heterocycles. The van der Waals surface area contributed by atoms with Gasteiger partial charge in [0, 0.05) is 11.1 Å².